The van der Waals surface area contributed by atoms with Gasteiger partial charge in [0, 0.05) is 29.7 Å². The first-order valence-electron chi connectivity index (χ1n) is 10.6. The van der Waals surface area contributed by atoms with Gasteiger partial charge in [0.2, 0.25) is 5.91 Å². The van der Waals surface area contributed by atoms with Crippen LogP contribution in [0.25, 0.3) is 0 Å². The fraction of sp³-hybridized carbons (Fsp3) is 0.200. The Morgan fingerprint density at radius 3 is 2.21 bits per heavy atom. The molecule has 0 heterocycles. The van der Waals surface area contributed by atoms with Crippen LogP contribution in [0.5, 0.6) is 0 Å². The Labute approximate surface area is 231 Å². The predicted octanol–water partition coefficient (Wildman–Crippen LogP) is 8.38. The first kappa shape index (κ1) is 28.5. The first-order valence-corrected chi connectivity index (χ1v) is 12.1. The van der Waals surface area contributed by atoms with Crippen molar-refractivity contribution in [3.05, 3.63) is 98.3 Å². The molecule has 1 fully saturated rings. The van der Waals surface area contributed by atoms with Crippen LogP contribution >= 0.6 is 46.4 Å². The number of anilines is 1. The third-order valence-corrected chi connectivity index (χ3v) is 7.59. The van der Waals surface area contributed by atoms with Crippen LogP contribution in [-0.2, 0) is 17.4 Å². The van der Waals surface area contributed by atoms with Gasteiger partial charge in [0.15, 0.2) is 5.78 Å². The van der Waals surface area contributed by atoms with Gasteiger partial charge in [-0.2, -0.15) is 13.2 Å². The van der Waals surface area contributed by atoms with E-state index in [1.807, 2.05) is 0 Å². The number of carbonyl (C=O) groups excluding carboxylic acids is 2. The number of hydrogen-bond acceptors (Lipinski definition) is 2. The maximum absolute atomic E-state index is 14.0. The van der Waals surface area contributed by atoms with Crippen molar-refractivity contribution in [2.75, 3.05) is 5.32 Å². The summed E-state index contributed by atoms with van der Waals surface area (Å²) in [6.45, 7) is 0. The second-order valence-corrected chi connectivity index (χ2v) is 10.7. The highest BCUT2D eigenvalue weighted by molar-refractivity contribution is 6.53. The van der Waals surface area contributed by atoms with Gasteiger partial charge in [-0.05, 0) is 41.5 Å². The third-order valence-electron chi connectivity index (χ3n) is 5.95. The van der Waals surface area contributed by atoms with Crippen molar-refractivity contribution >= 4 is 63.8 Å². The van der Waals surface area contributed by atoms with Gasteiger partial charge in [0.25, 0.3) is 0 Å². The smallest absolute Gasteiger partial charge is 0.326 e. The number of alkyl halides is 5. The van der Waals surface area contributed by atoms with Gasteiger partial charge < -0.3 is 5.32 Å². The highest BCUT2D eigenvalue weighted by Crippen LogP contribution is 2.65. The summed E-state index contributed by atoms with van der Waals surface area (Å²) in [7, 11) is 0. The lowest BCUT2D eigenvalue weighted by atomic mass is 9.99. The maximum Gasteiger partial charge on any atom is 0.417 e. The Hall–Kier alpha value is -2.46. The van der Waals surface area contributed by atoms with Crippen molar-refractivity contribution in [3.63, 3.8) is 0 Å². The lowest BCUT2D eigenvalue weighted by Crippen LogP contribution is -2.19. The minimum absolute atomic E-state index is 0.244. The fourth-order valence-electron chi connectivity index (χ4n) is 4.03. The Morgan fingerprint density at radius 2 is 1.61 bits per heavy atom. The molecule has 0 bridgehead atoms. The van der Waals surface area contributed by atoms with Gasteiger partial charge in [-0.3, -0.25) is 9.59 Å². The van der Waals surface area contributed by atoms with E-state index in [0.717, 1.165) is 24.3 Å². The molecule has 13 heteroatoms. The fourth-order valence-corrected chi connectivity index (χ4v) is 5.37. The van der Waals surface area contributed by atoms with E-state index < -0.39 is 79.7 Å². The molecule has 2 atom stereocenters. The Balaban J connectivity index is 1.64. The van der Waals surface area contributed by atoms with Crippen LogP contribution in [0.4, 0.5) is 32.0 Å². The number of rotatable bonds is 6. The van der Waals surface area contributed by atoms with Crippen molar-refractivity contribution in [3.8, 4) is 0 Å². The molecule has 4 rings (SSSR count). The summed E-state index contributed by atoms with van der Waals surface area (Å²) in [4.78, 5) is 25.8. The first-order chi connectivity index (χ1) is 17.6. The monoisotopic (exact) mass is 613 g/mol. The highest BCUT2D eigenvalue weighted by atomic mass is 35.5. The summed E-state index contributed by atoms with van der Waals surface area (Å²) >= 11 is 24.1. The number of ketones is 1. The number of benzene rings is 3. The molecule has 1 amide bonds. The van der Waals surface area contributed by atoms with Crippen LogP contribution in [0.1, 0.15) is 33.0 Å². The van der Waals surface area contributed by atoms with Crippen LogP contribution in [0.3, 0.4) is 0 Å². The number of amides is 1. The summed E-state index contributed by atoms with van der Waals surface area (Å²) < 4.78 is 80.1. The summed E-state index contributed by atoms with van der Waals surface area (Å²) in [5, 5.41) is 1.05. The Morgan fingerprint density at radius 1 is 0.921 bits per heavy atom. The summed E-state index contributed by atoms with van der Waals surface area (Å²) in [5.74, 6) is -6.63. The summed E-state index contributed by atoms with van der Waals surface area (Å²) in [5.41, 5.74) is -2.49. The van der Waals surface area contributed by atoms with Crippen molar-refractivity contribution < 1.29 is 35.9 Å². The Kier molecular flexibility index (Phi) is 7.71. The van der Waals surface area contributed by atoms with E-state index in [1.54, 1.807) is 0 Å². The van der Waals surface area contributed by atoms with Crippen molar-refractivity contribution in [2.24, 2.45) is 5.92 Å². The van der Waals surface area contributed by atoms with Crippen LogP contribution in [0.15, 0.2) is 48.5 Å². The van der Waals surface area contributed by atoms with E-state index in [4.69, 9.17) is 46.4 Å². The number of carbonyl (C=O) groups is 2. The summed E-state index contributed by atoms with van der Waals surface area (Å²) in [6, 6.07) is 7.38. The molecule has 0 radical (unpaired) electrons. The number of Topliss-reactive ketones (excluding diaryl/α,β-unsaturated/α-hetero) is 1. The molecule has 200 valence electrons. The van der Waals surface area contributed by atoms with E-state index in [-0.39, 0.29) is 10.6 Å². The molecule has 38 heavy (non-hydrogen) atoms. The second-order valence-electron chi connectivity index (χ2n) is 8.51. The summed E-state index contributed by atoms with van der Waals surface area (Å²) in [6.07, 6.45) is -5.76. The second kappa shape index (κ2) is 10.3. The van der Waals surface area contributed by atoms with Crippen molar-refractivity contribution in [1.82, 2.24) is 0 Å². The maximum atomic E-state index is 14.0. The molecule has 1 aliphatic rings. The molecule has 3 aromatic carbocycles. The van der Waals surface area contributed by atoms with Crippen LogP contribution < -0.4 is 5.32 Å². The average molecular weight is 615 g/mol. The molecule has 0 saturated heterocycles. The standard InChI is InChI=1S/C25H13Cl4F6NO2/c26-16-5-11(2-4-17(16)31)20-21(24(20,28)29)23(38)36-13-8-14(22(27)15(9-13)25(33,34)35)19(37)6-10-1-3-12(30)7-18(10)32/h1-5,7-9,20-21H,6H2,(H,36,38). The lowest BCUT2D eigenvalue weighted by Gasteiger charge is -2.16. The van der Waals surface area contributed by atoms with E-state index in [9.17, 15) is 35.9 Å². The van der Waals surface area contributed by atoms with Gasteiger partial charge in [0.05, 0.1) is 21.5 Å². The SMILES string of the molecule is O=C(Cc1ccc(F)cc1F)c1cc(NC(=O)C2C(c3ccc(F)c(Cl)c3)C2(Cl)Cl)cc(C(F)(F)F)c1Cl. The molecule has 3 nitrogen and oxygen atoms in total. The molecule has 1 saturated carbocycles. The van der Waals surface area contributed by atoms with Gasteiger partial charge in [-0.25, -0.2) is 13.2 Å². The van der Waals surface area contributed by atoms with E-state index in [1.165, 1.54) is 12.1 Å². The van der Waals surface area contributed by atoms with Gasteiger partial charge in [-0.15, -0.1) is 23.2 Å². The van der Waals surface area contributed by atoms with Crippen LogP contribution in [-0.4, -0.2) is 16.0 Å². The number of halogens is 10. The largest absolute Gasteiger partial charge is 0.417 e. The van der Waals surface area contributed by atoms with E-state index in [0.29, 0.717) is 17.7 Å². The molecule has 1 N–H and O–H groups in total. The van der Waals surface area contributed by atoms with Crippen molar-refractivity contribution in [1.29, 1.82) is 0 Å². The van der Waals surface area contributed by atoms with E-state index >= 15 is 0 Å². The molecular formula is C25H13Cl4F6NO2. The van der Waals surface area contributed by atoms with Gasteiger partial charge in [-0.1, -0.05) is 35.3 Å². The molecular weight excluding hydrogens is 602 g/mol. The average Bonchev–Trinajstić information content (AvgIpc) is 3.39. The molecule has 0 aromatic heterocycles. The number of hydrogen-bond donors (Lipinski definition) is 1. The third kappa shape index (κ3) is 5.61. The molecule has 0 aliphatic heterocycles. The van der Waals surface area contributed by atoms with E-state index in [2.05, 4.69) is 5.32 Å². The molecule has 0 spiro atoms. The molecule has 1 aliphatic carbocycles. The zero-order valence-corrected chi connectivity index (χ0v) is 21.6. The number of nitrogens with one attached hydrogen (secondary N) is 1. The van der Waals surface area contributed by atoms with Crippen LogP contribution in [0.2, 0.25) is 10.0 Å². The topological polar surface area (TPSA) is 46.2 Å². The molecule has 3 aromatic rings. The lowest BCUT2D eigenvalue weighted by molar-refractivity contribution is -0.137. The minimum atomic E-state index is -5.02. The van der Waals surface area contributed by atoms with Crippen molar-refractivity contribution in [2.45, 2.75) is 22.8 Å². The zero-order chi connectivity index (χ0) is 28.2. The zero-order valence-electron chi connectivity index (χ0n) is 18.6. The predicted molar refractivity (Wildman–Crippen MR) is 132 cm³/mol. The normalized spacial score (nSPS) is 18.3. The van der Waals surface area contributed by atoms with Gasteiger partial charge >= 0.3 is 6.18 Å². The van der Waals surface area contributed by atoms with Crippen LogP contribution in [0, 0.1) is 23.4 Å². The quantitative estimate of drug-likeness (QED) is 0.172. The van der Waals surface area contributed by atoms with Gasteiger partial charge in [0.1, 0.15) is 21.8 Å². The Bertz CT molecular complexity index is 1460. The molecule has 2 unspecified atom stereocenters. The minimum Gasteiger partial charge on any atom is -0.326 e. The highest BCUT2D eigenvalue weighted by Gasteiger charge is 2.67.